The molecular formula is C9H16O5. The molecule has 0 aromatic heterocycles. The molecule has 0 aromatic carbocycles. The van der Waals surface area contributed by atoms with Crippen LogP contribution in [0.4, 0.5) is 0 Å². The fraction of sp³-hybridized carbons (Fsp3) is 1.00. The molecule has 0 bridgehead atoms. The van der Waals surface area contributed by atoms with Crippen LogP contribution >= 0.6 is 0 Å². The largest absolute Gasteiger partial charge is 0.391 e. The lowest BCUT2D eigenvalue weighted by molar-refractivity contribution is -0.229. The number of fused-ring (bicyclic) bond motifs is 1. The zero-order valence-corrected chi connectivity index (χ0v) is 8.51. The van der Waals surface area contributed by atoms with Gasteiger partial charge >= 0.3 is 0 Å². The number of ether oxygens (including phenoxy) is 3. The predicted octanol–water partition coefficient (Wildman–Crippen LogP) is -0.396. The van der Waals surface area contributed by atoms with Gasteiger partial charge in [0.25, 0.3) is 0 Å². The molecule has 5 unspecified atom stereocenters. The van der Waals surface area contributed by atoms with Crippen molar-refractivity contribution in [2.24, 2.45) is 0 Å². The molecule has 2 aliphatic heterocycles. The van der Waals surface area contributed by atoms with Crippen LogP contribution in [0.3, 0.4) is 0 Å². The zero-order chi connectivity index (χ0) is 10.5. The molecule has 2 N–H and O–H groups in total. The zero-order valence-electron chi connectivity index (χ0n) is 8.51. The molecule has 0 aliphatic carbocycles. The summed E-state index contributed by atoms with van der Waals surface area (Å²) in [6.45, 7) is 5.16. The van der Waals surface area contributed by atoms with Gasteiger partial charge in [0, 0.05) is 0 Å². The van der Waals surface area contributed by atoms with Crippen LogP contribution in [0.15, 0.2) is 0 Å². The van der Waals surface area contributed by atoms with Gasteiger partial charge in [0.15, 0.2) is 12.1 Å². The Labute approximate surface area is 82.6 Å². The van der Waals surface area contributed by atoms with Crippen molar-refractivity contribution in [3.05, 3.63) is 0 Å². The smallest absolute Gasteiger partial charge is 0.184 e. The molecule has 5 atom stereocenters. The van der Waals surface area contributed by atoms with Gasteiger partial charge in [-0.05, 0) is 20.8 Å². The van der Waals surface area contributed by atoms with E-state index in [1.54, 1.807) is 20.8 Å². The van der Waals surface area contributed by atoms with E-state index < -0.39 is 30.4 Å². The van der Waals surface area contributed by atoms with Crippen molar-refractivity contribution in [1.82, 2.24) is 0 Å². The van der Waals surface area contributed by atoms with E-state index in [0.29, 0.717) is 0 Å². The monoisotopic (exact) mass is 204 g/mol. The topological polar surface area (TPSA) is 68.2 Å². The fourth-order valence-electron chi connectivity index (χ4n) is 2.00. The van der Waals surface area contributed by atoms with Crippen molar-refractivity contribution in [2.45, 2.75) is 57.3 Å². The first-order valence-electron chi connectivity index (χ1n) is 4.78. The second kappa shape index (κ2) is 3.15. The Kier molecular flexibility index (Phi) is 2.32. The lowest BCUT2D eigenvalue weighted by Crippen LogP contribution is -2.36. The lowest BCUT2D eigenvalue weighted by atomic mass is 10.1. The molecule has 2 aliphatic rings. The summed E-state index contributed by atoms with van der Waals surface area (Å²) in [6, 6.07) is 0. The van der Waals surface area contributed by atoms with E-state index in [4.69, 9.17) is 14.2 Å². The van der Waals surface area contributed by atoms with Crippen molar-refractivity contribution >= 4 is 0 Å². The molecule has 0 aromatic rings. The average molecular weight is 204 g/mol. The van der Waals surface area contributed by atoms with E-state index in [2.05, 4.69) is 0 Å². The molecule has 0 spiro atoms. The van der Waals surface area contributed by atoms with E-state index in [-0.39, 0.29) is 6.10 Å². The summed E-state index contributed by atoms with van der Waals surface area (Å²) in [7, 11) is 0. The van der Waals surface area contributed by atoms with Crippen LogP contribution in [0, 0.1) is 0 Å². The summed E-state index contributed by atoms with van der Waals surface area (Å²) >= 11 is 0. The van der Waals surface area contributed by atoms with Crippen molar-refractivity contribution in [3.8, 4) is 0 Å². The minimum Gasteiger partial charge on any atom is -0.391 e. The molecule has 2 heterocycles. The first-order chi connectivity index (χ1) is 6.41. The third-order valence-corrected chi connectivity index (χ3v) is 2.54. The van der Waals surface area contributed by atoms with Crippen molar-refractivity contribution in [1.29, 1.82) is 0 Å². The van der Waals surface area contributed by atoms with E-state index >= 15 is 0 Å². The standard InChI is InChI=1S/C9H16O5/c1-4(10)5-6-7(8(11)12-5)14-9(2,3)13-6/h4-8,10-11H,1-3H3. The van der Waals surface area contributed by atoms with Gasteiger partial charge < -0.3 is 24.4 Å². The Balaban J connectivity index is 2.15. The lowest BCUT2D eigenvalue weighted by Gasteiger charge is -2.23. The average Bonchev–Trinajstić information content (AvgIpc) is 2.47. The molecule has 2 saturated heterocycles. The molecule has 5 heteroatoms. The Hall–Kier alpha value is -0.200. The van der Waals surface area contributed by atoms with Crippen molar-refractivity contribution in [3.63, 3.8) is 0 Å². The molecule has 2 fully saturated rings. The summed E-state index contributed by atoms with van der Waals surface area (Å²) in [4.78, 5) is 0. The minimum absolute atomic E-state index is 0.389. The number of hydrogen-bond donors (Lipinski definition) is 2. The van der Waals surface area contributed by atoms with Gasteiger partial charge in [-0.15, -0.1) is 0 Å². The predicted molar refractivity (Wildman–Crippen MR) is 46.4 cm³/mol. The maximum Gasteiger partial charge on any atom is 0.184 e. The Bertz CT molecular complexity index is 225. The number of aliphatic hydroxyl groups excluding tert-OH is 2. The van der Waals surface area contributed by atoms with Crippen LogP contribution in [0.25, 0.3) is 0 Å². The molecule has 0 saturated carbocycles. The van der Waals surface area contributed by atoms with E-state index in [1.165, 1.54) is 0 Å². The first kappa shape index (κ1) is 10.3. The van der Waals surface area contributed by atoms with Gasteiger partial charge in [-0.2, -0.15) is 0 Å². The molecule has 82 valence electrons. The second-order valence-electron chi connectivity index (χ2n) is 4.30. The van der Waals surface area contributed by atoms with Crippen LogP contribution < -0.4 is 0 Å². The van der Waals surface area contributed by atoms with Gasteiger partial charge in [-0.3, -0.25) is 0 Å². The Morgan fingerprint density at radius 3 is 2.36 bits per heavy atom. The van der Waals surface area contributed by atoms with Gasteiger partial charge in [-0.1, -0.05) is 0 Å². The summed E-state index contributed by atoms with van der Waals surface area (Å²) in [5.74, 6) is -0.715. The molecule has 0 amide bonds. The van der Waals surface area contributed by atoms with E-state index in [9.17, 15) is 10.2 Å². The SMILES string of the molecule is CC(O)C1OC(O)C2OC(C)(C)OC12. The quantitative estimate of drug-likeness (QED) is 0.608. The van der Waals surface area contributed by atoms with Gasteiger partial charge in [0.1, 0.15) is 18.3 Å². The Morgan fingerprint density at radius 1 is 1.21 bits per heavy atom. The Morgan fingerprint density at radius 2 is 1.79 bits per heavy atom. The maximum absolute atomic E-state index is 9.51. The van der Waals surface area contributed by atoms with E-state index in [0.717, 1.165) is 0 Å². The van der Waals surface area contributed by atoms with Crippen LogP contribution in [0.1, 0.15) is 20.8 Å². The summed E-state index contributed by atoms with van der Waals surface area (Å²) < 4.78 is 16.1. The number of hydrogen-bond acceptors (Lipinski definition) is 5. The normalized spacial score (nSPS) is 47.8. The van der Waals surface area contributed by atoms with Crippen LogP contribution in [-0.4, -0.2) is 46.7 Å². The van der Waals surface area contributed by atoms with Crippen molar-refractivity contribution in [2.75, 3.05) is 0 Å². The molecule has 2 rings (SSSR count). The highest BCUT2D eigenvalue weighted by atomic mass is 16.8. The van der Waals surface area contributed by atoms with Crippen molar-refractivity contribution < 1.29 is 24.4 Å². The summed E-state index contributed by atoms with van der Waals surface area (Å²) in [5, 5.41) is 18.9. The molecular weight excluding hydrogens is 188 g/mol. The van der Waals surface area contributed by atoms with E-state index in [1.807, 2.05) is 0 Å². The van der Waals surface area contributed by atoms with Gasteiger partial charge in [0.2, 0.25) is 0 Å². The highest BCUT2D eigenvalue weighted by molar-refractivity contribution is 4.96. The molecule has 5 nitrogen and oxygen atoms in total. The first-order valence-corrected chi connectivity index (χ1v) is 4.78. The van der Waals surface area contributed by atoms with Crippen LogP contribution in [-0.2, 0) is 14.2 Å². The minimum atomic E-state index is -1.01. The van der Waals surface area contributed by atoms with Crippen LogP contribution in [0.2, 0.25) is 0 Å². The van der Waals surface area contributed by atoms with Gasteiger partial charge in [0.05, 0.1) is 6.10 Å². The maximum atomic E-state index is 9.51. The summed E-state index contributed by atoms with van der Waals surface area (Å²) in [6.07, 6.45) is -3.10. The second-order valence-corrected chi connectivity index (χ2v) is 4.30. The van der Waals surface area contributed by atoms with Gasteiger partial charge in [-0.25, -0.2) is 0 Å². The molecule has 14 heavy (non-hydrogen) atoms. The number of aliphatic hydroxyl groups is 2. The fourth-order valence-corrected chi connectivity index (χ4v) is 2.00. The third-order valence-electron chi connectivity index (χ3n) is 2.54. The highest BCUT2D eigenvalue weighted by Gasteiger charge is 2.55. The number of rotatable bonds is 1. The van der Waals surface area contributed by atoms with Crippen LogP contribution in [0.5, 0.6) is 0 Å². The third kappa shape index (κ3) is 1.55. The molecule has 0 radical (unpaired) electrons. The highest BCUT2D eigenvalue weighted by Crippen LogP contribution is 2.38. The summed E-state index contributed by atoms with van der Waals surface area (Å²) in [5.41, 5.74) is 0.